The number of thiophene rings is 1. The highest BCUT2D eigenvalue weighted by Gasteiger charge is 2.17. The molecule has 1 amide bonds. The van der Waals surface area contributed by atoms with Crippen LogP contribution in [0.4, 0.5) is 0 Å². The first-order valence-corrected chi connectivity index (χ1v) is 7.61. The minimum absolute atomic E-state index is 0.0591. The molecular formula is C13H14N2O2S2. The van der Waals surface area contributed by atoms with Gasteiger partial charge in [-0.3, -0.25) is 9.59 Å². The van der Waals surface area contributed by atoms with Crippen LogP contribution < -0.4 is 5.32 Å². The van der Waals surface area contributed by atoms with Crippen LogP contribution in [0.25, 0.3) is 0 Å². The Morgan fingerprint density at radius 2 is 2.21 bits per heavy atom. The van der Waals surface area contributed by atoms with Crippen LogP contribution in [-0.2, 0) is 0 Å². The second-order valence-corrected chi connectivity index (χ2v) is 6.05. The van der Waals surface area contributed by atoms with Crippen molar-refractivity contribution in [2.75, 3.05) is 0 Å². The van der Waals surface area contributed by atoms with Gasteiger partial charge in [-0.25, -0.2) is 4.98 Å². The highest BCUT2D eigenvalue weighted by molar-refractivity contribution is 7.12. The first-order chi connectivity index (χ1) is 9.08. The highest BCUT2D eigenvalue weighted by Crippen LogP contribution is 2.14. The van der Waals surface area contributed by atoms with E-state index in [0.29, 0.717) is 11.3 Å². The lowest BCUT2D eigenvalue weighted by Gasteiger charge is -2.12. The zero-order valence-corrected chi connectivity index (χ0v) is 12.3. The van der Waals surface area contributed by atoms with E-state index < -0.39 is 0 Å². The minimum Gasteiger partial charge on any atom is -0.348 e. The number of aromatic nitrogens is 1. The van der Waals surface area contributed by atoms with Crippen molar-refractivity contribution in [1.29, 1.82) is 0 Å². The Bertz CT molecular complexity index is 575. The number of hydrogen-bond donors (Lipinski definition) is 1. The van der Waals surface area contributed by atoms with Gasteiger partial charge < -0.3 is 5.32 Å². The topological polar surface area (TPSA) is 59.1 Å². The van der Waals surface area contributed by atoms with Crippen LogP contribution in [0.3, 0.4) is 0 Å². The van der Waals surface area contributed by atoms with Gasteiger partial charge >= 0.3 is 0 Å². The second kappa shape index (κ2) is 6.08. The molecule has 0 fully saturated rings. The summed E-state index contributed by atoms with van der Waals surface area (Å²) in [7, 11) is 0. The molecule has 2 aromatic rings. The molecule has 0 saturated carbocycles. The van der Waals surface area contributed by atoms with Crippen LogP contribution in [-0.4, -0.2) is 22.7 Å². The first kappa shape index (κ1) is 13.9. The molecule has 0 radical (unpaired) electrons. The SMILES string of the molecule is Cc1ncsc1C(=O)NC(C)CC(=O)c1cccs1. The summed E-state index contributed by atoms with van der Waals surface area (Å²) in [6.45, 7) is 3.63. The zero-order chi connectivity index (χ0) is 13.8. The summed E-state index contributed by atoms with van der Waals surface area (Å²) in [6, 6.07) is 3.46. The second-order valence-electron chi connectivity index (χ2n) is 4.25. The van der Waals surface area contributed by atoms with E-state index >= 15 is 0 Å². The van der Waals surface area contributed by atoms with Crippen LogP contribution in [0.2, 0.25) is 0 Å². The van der Waals surface area contributed by atoms with Crippen molar-refractivity contribution in [3.63, 3.8) is 0 Å². The Morgan fingerprint density at radius 3 is 2.79 bits per heavy atom. The molecule has 4 nitrogen and oxygen atoms in total. The molecular weight excluding hydrogens is 280 g/mol. The maximum Gasteiger partial charge on any atom is 0.263 e. The van der Waals surface area contributed by atoms with E-state index in [9.17, 15) is 9.59 Å². The van der Waals surface area contributed by atoms with E-state index in [0.717, 1.165) is 10.6 Å². The number of thiazole rings is 1. The number of carbonyl (C=O) groups excluding carboxylic acids is 2. The van der Waals surface area contributed by atoms with Crippen molar-refractivity contribution in [3.8, 4) is 0 Å². The number of nitrogens with zero attached hydrogens (tertiary/aromatic N) is 1. The third kappa shape index (κ3) is 3.48. The number of ketones is 1. The van der Waals surface area contributed by atoms with Gasteiger partial charge in [0.05, 0.1) is 16.1 Å². The lowest BCUT2D eigenvalue weighted by molar-refractivity contribution is 0.0922. The van der Waals surface area contributed by atoms with Crippen molar-refractivity contribution < 1.29 is 9.59 Å². The van der Waals surface area contributed by atoms with E-state index in [1.165, 1.54) is 22.7 Å². The van der Waals surface area contributed by atoms with E-state index in [1.54, 1.807) is 18.5 Å². The van der Waals surface area contributed by atoms with E-state index in [-0.39, 0.29) is 17.7 Å². The first-order valence-electron chi connectivity index (χ1n) is 5.85. The maximum absolute atomic E-state index is 12.0. The third-order valence-corrected chi connectivity index (χ3v) is 4.46. The van der Waals surface area contributed by atoms with Gasteiger partial charge in [-0.15, -0.1) is 22.7 Å². The van der Waals surface area contributed by atoms with Crippen LogP contribution in [0.5, 0.6) is 0 Å². The summed E-state index contributed by atoms with van der Waals surface area (Å²) >= 11 is 2.73. The molecule has 1 N–H and O–H groups in total. The van der Waals surface area contributed by atoms with Crippen molar-refractivity contribution in [1.82, 2.24) is 10.3 Å². The van der Waals surface area contributed by atoms with E-state index in [1.807, 2.05) is 18.4 Å². The number of hydrogen-bond acceptors (Lipinski definition) is 5. The van der Waals surface area contributed by atoms with Gasteiger partial charge in [0, 0.05) is 12.5 Å². The van der Waals surface area contributed by atoms with Crippen LogP contribution in [0.15, 0.2) is 23.0 Å². The van der Waals surface area contributed by atoms with Crippen molar-refractivity contribution >= 4 is 34.4 Å². The summed E-state index contributed by atoms with van der Waals surface area (Å²) < 4.78 is 0. The van der Waals surface area contributed by atoms with Gasteiger partial charge in [0.1, 0.15) is 4.88 Å². The molecule has 2 rings (SSSR count). The molecule has 0 aliphatic heterocycles. The summed E-state index contributed by atoms with van der Waals surface area (Å²) in [5.74, 6) is -0.102. The molecule has 0 aliphatic carbocycles. The standard InChI is InChI=1S/C13H14N2O2S2/c1-8(6-10(16)11-4-3-5-18-11)15-13(17)12-9(2)14-7-19-12/h3-5,7-8H,6H2,1-2H3,(H,15,17). The lowest BCUT2D eigenvalue weighted by Crippen LogP contribution is -2.34. The van der Waals surface area contributed by atoms with Gasteiger partial charge in [-0.05, 0) is 25.3 Å². The van der Waals surface area contributed by atoms with Gasteiger partial charge in [0.25, 0.3) is 5.91 Å². The number of Topliss-reactive ketones (excluding diaryl/α,β-unsaturated/α-hetero) is 1. The van der Waals surface area contributed by atoms with Crippen LogP contribution >= 0.6 is 22.7 Å². The predicted octanol–water partition coefficient (Wildman–Crippen LogP) is 2.90. The quantitative estimate of drug-likeness (QED) is 0.863. The fourth-order valence-electron chi connectivity index (χ4n) is 1.68. The van der Waals surface area contributed by atoms with Crippen molar-refractivity contribution in [2.24, 2.45) is 0 Å². The fraction of sp³-hybridized carbons (Fsp3) is 0.308. The van der Waals surface area contributed by atoms with Crippen molar-refractivity contribution in [3.05, 3.63) is 38.5 Å². The Labute approximate surface area is 119 Å². The molecule has 6 heteroatoms. The molecule has 100 valence electrons. The highest BCUT2D eigenvalue weighted by atomic mass is 32.1. The summed E-state index contributed by atoms with van der Waals surface area (Å²) in [6.07, 6.45) is 0.310. The third-order valence-electron chi connectivity index (χ3n) is 2.62. The van der Waals surface area contributed by atoms with Gasteiger partial charge in [-0.1, -0.05) is 6.07 Å². The number of carbonyl (C=O) groups is 2. The van der Waals surface area contributed by atoms with Crippen LogP contribution in [0.1, 0.15) is 38.4 Å². The monoisotopic (exact) mass is 294 g/mol. The molecule has 0 aromatic carbocycles. The number of rotatable bonds is 5. The summed E-state index contributed by atoms with van der Waals surface area (Å²) in [4.78, 5) is 29.2. The molecule has 19 heavy (non-hydrogen) atoms. The molecule has 1 atom stereocenters. The van der Waals surface area contributed by atoms with E-state index in [4.69, 9.17) is 0 Å². The predicted molar refractivity (Wildman–Crippen MR) is 77.0 cm³/mol. The molecule has 2 heterocycles. The molecule has 1 unspecified atom stereocenters. The Balaban J connectivity index is 1.91. The maximum atomic E-state index is 12.0. The smallest absolute Gasteiger partial charge is 0.263 e. The Morgan fingerprint density at radius 1 is 1.42 bits per heavy atom. The molecule has 0 bridgehead atoms. The van der Waals surface area contributed by atoms with Gasteiger partial charge in [-0.2, -0.15) is 0 Å². The average Bonchev–Trinajstić information content (AvgIpc) is 2.98. The fourth-order valence-corrected chi connectivity index (χ4v) is 3.06. The number of amides is 1. The molecule has 0 saturated heterocycles. The van der Waals surface area contributed by atoms with Crippen LogP contribution in [0, 0.1) is 6.92 Å². The molecule has 0 aliphatic rings. The minimum atomic E-state index is -0.191. The normalized spacial score (nSPS) is 12.1. The molecule has 0 spiro atoms. The van der Waals surface area contributed by atoms with E-state index in [2.05, 4.69) is 10.3 Å². The summed E-state index contributed by atoms with van der Waals surface area (Å²) in [5.41, 5.74) is 2.37. The van der Waals surface area contributed by atoms with Crippen molar-refractivity contribution in [2.45, 2.75) is 26.3 Å². The summed E-state index contributed by atoms with van der Waals surface area (Å²) in [5, 5.41) is 4.70. The largest absolute Gasteiger partial charge is 0.348 e. The number of aryl methyl sites for hydroxylation is 1. The number of nitrogens with one attached hydrogen (secondary N) is 1. The average molecular weight is 294 g/mol. The Kier molecular flexibility index (Phi) is 4.44. The van der Waals surface area contributed by atoms with Gasteiger partial charge in [0.2, 0.25) is 0 Å². The Hall–Kier alpha value is -1.53. The molecule has 2 aromatic heterocycles. The lowest BCUT2D eigenvalue weighted by atomic mass is 10.1. The zero-order valence-electron chi connectivity index (χ0n) is 10.7. The van der Waals surface area contributed by atoms with Gasteiger partial charge in [0.15, 0.2) is 5.78 Å².